The zero-order valence-electron chi connectivity index (χ0n) is 69.8. The third kappa shape index (κ3) is 82.2. The van der Waals surface area contributed by atoms with Gasteiger partial charge in [-0.1, -0.05) is 293 Å². The van der Waals surface area contributed by atoms with Crippen molar-refractivity contribution < 1.29 is 80.2 Å². The minimum atomic E-state index is -5.01. The van der Waals surface area contributed by atoms with Crippen LogP contribution in [-0.4, -0.2) is 96.7 Å². The van der Waals surface area contributed by atoms with E-state index in [9.17, 15) is 43.2 Å². The highest BCUT2D eigenvalue weighted by Crippen LogP contribution is 2.45. The number of hydrogen-bond donors (Lipinski definition) is 3. The molecule has 19 heteroatoms. The molecule has 0 aliphatic rings. The quantitative estimate of drug-likeness (QED) is 0.0169. The second-order valence-electron chi connectivity index (χ2n) is 28.0. The van der Waals surface area contributed by atoms with E-state index in [1.54, 1.807) is 0 Å². The molecule has 0 radical (unpaired) electrons. The van der Waals surface area contributed by atoms with E-state index < -0.39 is 97.5 Å². The highest BCUT2D eigenvalue weighted by Gasteiger charge is 2.30. The summed E-state index contributed by atoms with van der Waals surface area (Å²) >= 11 is 0. The van der Waals surface area contributed by atoms with Crippen molar-refractivity contribution in [1.82, 2.24) is 0 Å². The van der Waals surface area contributed by atoms with E-state index in [0.717, 1.165) is 199 Å². The van der Waals surface area contributed by atoms with Crippen LogP contribution in [0.25, 0.3) is 0 Å². The fraction of sp³-hybridized carbons (Fsp3) is 0.634. The van der Waals surface area contributed by atoms with Gasteiger partial charge in [0.05, 0.1) is 26.4 Å². The Kier molecular flexibility index (Phi) is 78.8. The Morgan fingerprint density at radius 1 is 0.259 bits per heavy atom. The molecule has 0 aromatic carbocycles. The molecule has 0 aromatic rings. The van der Waals surface area contributed by atoms with Crippen molar-refractivity contribution >= 4 is 39.5 Å². The molecule has 0 heterocycles. The molecule has 0 rings (SSSR count). The van der Waals surface area contributed by atoms with Crippen molar-refractivity contribution in [2.75, 3.05) is 39.6 Å². The summed E-state index contributed by atoms with van der Waals surface area (Å²) in [6.45, 7) is 4.48. The van der Waals surface area contributed by atoms with Gasteiger partial charge in [-0.3, -0.25) is 37.3 Å². The minimum absolute atomic E-state index is 0.0277. The average Bonchev–Trinajstić information content (AvgIpc) is 0.898. The number of phosphoric acid groups is 2. The molecule has 0 fully saturated rings. The molecule has 0 spiro atoms. The highest BCUT2D eigenvalue weighted by molar-refractivity contribution is 7.47. The van der Waals surface area contributed by atoms with Gasteiger partial charge in [-0.2, -0.15) is 0 Å². The zero-order valence-corrected chi connectivity index (χ0v) is 71.6. The van der Waals surface area contributed by atoms with Gasteiger partial charge < -0.3 is 33.8 Å². The van der Waals surface area contributed by atoms with Gasteiger partial charge >= 0.3 is 39.5 Å². The fourth-order valence-electron chi connectivity index (χ4n) is 10.8. The average molecular weight is 1600 g/mol. The molecule has 0 aromatic heterocycles. The standard InChI is InChI=1S/C93H152O17P2/c1-5-9-13-17-21-25-29-33-37-40-43-46-50-53-57-61-65-69-73-77-90(95)103-83-88(109-92(97)79-75-71-67-63-59-55-49-36-32-28-24-20-16-12-8-4)85-107-111(99,100)105-81-87(94)82-106-112(101,102)108-86-89(110-93(98)80-76-72-68-64-60-56-52-48-45-42-39-35-31-27-23-19-15-11-7-3)84-104-91(96)78-74-70-66-62-58-54-51-47-44-41-38-34-30-26-22-18-14-10-6-2/h9,12-13,16,21-28,33-39,43-49,53,57,59,63,87-89,94H,5-8,10-11,14-15,17-20,29-32,40-42,50-52,54-56,58,60-62,64-86H2,1-4H3,(H,99,100)(H,101,102)/b13-9-,16-12-,25-21-,26-22-,27-23-,28-24-,37-33-,38-34-,39-35-,46-43-,47-44-,48-45-,49-36-,57-53-,63-59-. The molecular weight excluding hydrogens is 1450 g/mol. The number of allylic oxidation sites excluding steroid dienone is 30. The third-order valence-corrected chi connectivity index (χ3v) is 19.2. The topological polar surface area (TPSA) is 237 Å². The van der Waals surface area contributed by atoms with Crippen LogP contribution in [0.15, 0.2) is 182 Å². The number of unbranched alkanes of at least 4 members (excludes halogenated alkanes) is 23. The maximum Gasteiger partial charge on any atom is 0.472 e. The summed E-state index contributed by atoms with van der Waals surface area (Å²) in [6.07, 6.45) is 101. The Bertz CT molecular complexity index is 2840. The van der Waals surface area contributed by atoms with E-state index in [1.165, 1.54) is 38.5 Å². The van der Waals surface area contributed by atoms with Gasteiger partial charge in [0, 0.05) is 25.7 Å². The normalized spacial score (nSPS) is 14.7. The molecule has 0 saturated heterocycles. The van der Waals surface area contributed by atoms with Crippen molar-refractivity contribution in [3.8, 4) is 0 Å². The molecule has 0 saturated carbocycles. The van der Waals surface area contributed by atoms with Gasteiger partial charge in [0.25, 0.3) is 0 Å². The molecule has 0 amide bonds. The van der Waals surface area contributed by atoms with Crippen LogP contribution in [0, 0.1) is 0 Å². The Morgan fingerprint density at radius 3 is 0.741 bits per heavy atom. The number of aliphatic hydroxyl groups excluding tert-OH is 1. The number of ether oxygens (including phenoxy) is 4. The number of hydrogen-bond acceptors (Lipinski definition) is 15. The highest BCUT2D eigenvalue weighted by atomic mass is 31.2. The maximum absolute atomic E-state index is 13.2. The molecular formula is C93H152O17P2. The van der Waals surface area contributed by atoms with Crippen molar-refractivity contribution in [2.24, 2.45) is 0 Å². The molecule has 636 valence electrons. The largest absolute Gasteiger partial charge is 0.472 e. The summed E-state index contributed by atoms with van der Waals surface area (Å²) in [6, 6.07) is 0. The first-order valence-corrected chi connectivity index (χ1v) is 46.0. The van der Waals surface area contributed by atoms with Crippen molar-refractivity contribution in [1.29, 1.82) is 0 Å². The number of aliphatic hydroxyl groups is 1. The summed E-state index contributed by atoms with van der Waals surface area (Å²) in [4.78, 5) is 73.3. The maximum atomic E-state index is 13.2. The van der Waals surface area contributed by atoms with Crippen LogP contribution in [0.3, 0.4) is 0 Å². The molecule has 0 aliphatic heterocycles. The van der Waals surface area contributed by atoms with E-state index >= 15 is 0 Å². The van der Waals surface area contributed by atoms with Crippen LogP contribution in [-0.2, 0) is 65.4 Å². The van der Waals surface area contributed by atoms with Crippen LogP contribution >= 0.6 is 15.6 Å². The molecule has 0 bridgehead atoms. The van der Waals surface area contributed by atoms with E-state index in [2.05, 4.69) is 210 Å². The Labute approximate surface area is 679 Å². The van der Waals surface area contributed by atoms with Gasteiger partial charge in [0.1, 0.15) is 19.3 Å². The lowest BCUT2D eigenvalue weighted by Gasteiger charge is -2.21. The minimum Gasteiger partial charge on any atom is -0.462 e. The summed E-state index contributed by atoms with van der Waals surface area (Å²) in [5.74, 6) is -2.30. The number of carbonyl (C=O) groups is 4. The summed E-state index contributed by atoms with van der Waals surface area (Å²) < 4.78 is 68.8. The lowest BCUT2D eigenvalue weighted by Crippen LogP contribution is -2.30. The van der Waals surface area contributed by atoms with Gasteiger partial charge in [0.15, 0.2) is 12.2 Å². The third-order valence-electron chi connectivity index (χ3n) is 17.3. The second-order valence-corrected chi connectivity index (χ2v) is 30.9. The lowest BCUT2D eigenvalue weighted by atomic mass is 10.1. The number of rotatable bonds is 79. The Hall–Kier alpha value is -5.84. The Balaban J connectivity index is 5.48. The van der Waals surface area contributed by atoms with Gasteiger partial charge in [-0.05, 0) is 186 Å². The fourth-order valence-corrected chi connectivity index (χ4v) is 12.4. The predicted molar refractivity (Wildman–Crippen MR) is 463 cm³/mol. The Morgan fingerprint density at radius 2 is 0.464 bits per heavy atom. The van der Waals surface area contributed by atoms with Crippen LogP contribution < -0.4 is 0 Å². The zero-order chi connectivity index (χ0) is 81.7. The first-order valence-electron chi connectivity index (χ1n) is 43.0. The lowest BCUT2D eigenvalue weighted by molar-refractivity contribution is -0.161. The summed E-state index contributed by atoms with van der Waals surface area (Å²) in [5.41, 5.74) is 0. The van der Waals surface area contributed by atoms with E-state index in [1.807, 2.05) is 0 Å². The smallest absolute Gasteiger partial charge is 0.462 e. The molecule has 112 heavy (non-hydrogen) atoms. The second kappa shape index (κ2) is 83.1. The van der Waals surface area contributed by atoms with Gasteiger partial charge in [-0.25, -0.2) is 9.13 Å². The number of esters is 4. The predicted octanol–water partition coefficient (Wildman–Crippen LogP) is 25.9. The SMILES string of the molecule is CC/C=C\C/C=C\C/C=C\C/C=C\C/C=C\CCCCCC(=O)OCC(COP(=O)(O)OCC(O)COP(=O)(O)OCC(COC(=O)CCCCCCCC/C=C\C/C=C\C/C=C\CCCCC)OC(=O)CCCCCCCC/C=C\C/C=C\C/C=C\CCCCC)OC(=O)CCCC/C=C\C/C=C\C/C=C\C/C=C\CC. The molecule has 5 atom stereocenters. The first-order chi connectivity index (χ1) is 54.7. The number of phosphoric ester groups is 2. The first kappa shape index (κ1) is 106. The van der Waals surface area contributed by atoms with Gasteiger partial charge in [0.2, 0.25) is 0 Å². The van der Waals surface area contributed by atoms with Crippen LogP contribution in [0.5, 0.6) is 0 Å². The van der Waals surface area contributed by atoms with E-state index in [4.69, 9.17) is 37.0 Å². The van der Waals surface area contributed by atoms with Crippen LogP contribution in [0.4, 0.5) is 0 Å². The van der Waals surface area contributed by atoms with Crippen molar-refractivity contribution in [3.63, 3.8) is 0 Å². The molecule has 0 aliphatic carbocycles. The number of carbonyl (C=O) groups excluding carboxylic acids is 4. The summed E-state index contributed by atoms with van der Waals surface area (Å²) in [5, 5.41) is 10.7. The van der Waals surface area contributed by atoms with Crippen molar-refractivity contribution in [2.45, 2.75) is 341 Å². The van der Waals surface area contributed by atoms with E-state index in [-0.39, 0.29) is 25.7 Å². The molecule has 3 N–H and O–H groups in total. The molecule has 5 unspecified atom stereocenters. The van der Waals surface area contributed by atoms with Crippen LogP contribution in [0.1, 0.15) is 323 Å². The van der Waals surface area contributed by atoms with Crippen molar-refractivity contribution in [3.05, 3.63) is 182 Å². The summed E-state index contributed by atoms with van der Waals surface area (Å²) in [7, 11) is -10.0. The van der Waals surface area contributed by atoms with Crippen LogP contribution in [0.2, 0.25) is 0 Å². The van der Waals surface area contributed by atoms with E-state index in [0.29, 0.717) is 32.1 Å². The molecule has 17 nitrogen and oxygen atoms in total. The van der Waals surface area contributed by atoms with Gasteiger partial charge in [-0.15, -0.1) is 0 Å². The monoisotopic (exact) mass is 1600 g/mol.